The summed E-state index contributed by atoms with van der Waals surface area (Å²) in [6.45, 7) is 5.33. The van der Waals surface area contributed by atoms with E-state index in [9.17, 15) is 4.79 Å². The van der Waals surface area contributed by atoms with Gasteiger partial charge in [-0.2, -0.15) is 6.92 Å². The standard InChI is InChI=1S/C13H18NO2.Y/c1-3-12(16-13(15)14-4-2)10-11-8-6-5-7-9-11;/h4-9,12H,3,10H2,1-2H3,(H,14,15);/q-1;/t12-;/m0./s1. The van der Waals surface area contributed by atoms with Gasteiger partial charge in [0.05, 0.1) is 0 Å². The van der Waals surface area contributed by atoms with Crippen molar-refractivity contribution in [2.45, 2.75) is 32.8 Å². The van der Waals surface area contributed by atoms with E-state index in [4.69, 9.17) is 4.74 Å². The number of rotatable bonds is 5. The van der Waals surface area contributed by atoms with Gasteiger partial charge in [-0.1, -0.05) is 37.3 Å². The van der Waals surface area contributed by atoms with Crippen LogP contribution in [0.5, 0.6) is 0 Å². The van der Waals surface area contributed by atoms with E-state index < -0.39 is 0 Å². The van der Waals surface area contributed by atoms with Crippen molar-refractivity contribution in [3.63, 3.8) is 0 Å². The van der Waals surface area contributed by atoms with Crippen molar-refractivity contribution in [3.05, 3.63) is 42.4 Å². The summed E-state index contributed by atoms with van der Waals surface area (Å²) in [6, 6.07) is 10.0. The Balaban J connectivity index is 0.00000256. The van der Waals surface area contributed by atoms with Crippen LogP contribution in [0.3, 0.4) is 0 Å². The Morgan fingerprint density at radius 2 is 2.06 bits per heavy atom. The number of carbonyl (C=O) groups is 1. The maximum Gasteiger partial charge on any atom is 0.377 e. The Hall–Kier alpha value is -0.406. The zero-order valence-corrected chi connectivity index (χ0v) is 13.2. The van der Waals surface area contributed by atoms with Crippen molar-refractivity contribution >= 4 is 6.09 Å². The maximum atomic E-state index is 11.2. The van der Waals surface area contributed by atoms with Crippen LogP contribution in [0.25, 0.3) is 0 Å². The summed E-state index contributed by atoms with van der Waals surface area (Å²) >= 11 is 0. The van der Waals surface area contributed by atoms with Gasteiger partial charge in [-0.05, 0) is 12.0 Å². The van der Waals surface area contributed by atoms with Crippen molar-refractivity contribution in [3.8, 4) is 0 Å². The molecule has 1 rings (SSSR count). The number of amides is 1. The fraction of sp³-hybridized carbons (Fsp3) is 0.385. The van der Waals surface area contributed by atoms with Crippen molar-refractivity contribution in [2.75, 3.05) is 0 Å². The molecule has 0 aliphatic rings. The summed E-state index contributed by atoms with van der Waals surface area (Å²) in [5.74, 6) is 0. The van der Waals surface area contributed by atoms with Crippen LogP contribution in [0.15, 0.2) is 30.3 Å². The number of hydrogen-bond donors (Lipinski definition) is 1. The number of alkyl carbamates (subject to hydrolysis) is 1. The molecular weight excluding hydrogens is 291 g/mol. The molecule has 1 radical (unpaired) electrons. The first-order chi connectivity index (χ1) is 7.76. The molecule has 17 heavy (non-hydrogen) atoms. The van der Waals surface area contributed by atoms with Gasteiger partial charge in [0.15, 0.2) is 0 Å². The Morgan fingerprint density at radius 3 is 2.59 bits per heavy atom. The molecule has 4 heteroatoms. The van der Waals surface area contributed by atoms with Crippen LogP contribution in [0.1, 0.15) is 25.8 Å². The van der Waals surface area contributed by atoms with E-state index in [1.165, 1.54) is 5.56 Å². The minimum Gasteiger partial charge on any atom is -0.471 e. The van der Waals surface area contributed by atoms with E-state index in [1.807, 2.05) is 37.3 Å². The first-order valence-electron chi connectivity index (χ1n) is 5.55. The number of ether oxygens (including phenoxy) is 1. The summed E-state index contributed by atoms with van der Waals surface area (Å²) in [5, 5.41) is 2.51. The molecule has 0 fully saturated rings. The summed E-state index contributed by atoms with van der Waals surface area (Å²) < 4.78 is 5.26. The van der Waals surface area contributed by atoms with Crippen LogP contribution in [0.2, 0.25) is 0 Å². The van der Waals surface area contributed by atoms with Gasteiger partial charge in [0.1, 0.15) is 6.10 Å². The Morgan fingerprint density at radius 1 is 1.41 bits per heavy atom. The second kappa shape index (κ2) is 9.61. The Bertz CT molecular complexity index is 316. The third-order valence-corrected chi connectivity index (χ3v) is 2.30. The molecule has 0 aliphatic carbocycles. The Kier molecular flexibility index (Phi) is 9.38. The van der Waals surface area contributed by atoms with Gasteiger partial charge >= 0.3 is 6.09 Å². The number of benzene rings is 1. The number of carbonyl (C=O) groups excluding carboxylic acids is 1. The first-order valence-corrected chi connectivity index (χ1v) is 5.55. The van der Waals surface area contributed by atoms with Crippen molar-refractivity contribution in [2.24, 2.45) is 0 Å². The molecule has 0 aliphatic heterocycles. The average Bonchev–Trinajstić information content (AvgIpc) is 2.30. The quantitative estimate of drug-likeness (QED) is 0.849. The molecule has 0 bridgehead atoms. The van der Waals surface area contributed by atoms with E-state index in [0.29, 0.717) is 0 Å². The third kappa shape index (κ3) is 6.79. The van der Waals surface area contributed by atoms with Crippen LogP contribution in [-0.2, 0) is 43.9 Å². The first kappa shape index (κ1) is 16.6. The average molecular weight is 309 g/mol. The van der Waals surface area contributed by atoms with Crippen molar-refractivity contribution in [1.82, 2.24) is 5.32 Å². The summed E-state index contributed by atoms with van der Waals surface area (Å²) in [7, 11) is 0. The molecule has 0 unspecified atom stereocenters. The molecule has 1 atom stereocenters. The van der Waals surface area contributed by atoms with Crippen LogP contribution < -0.4 is 5.32 Å². The molecule has 0 saturated heterocycles. The molecule has 0 heterocycles. The van der Waals surface area contributed by atoms with E-state index in [-0.39, 0.29) is 44.9 Å². The SMILES string of the molecule is C[CH-]NC(=O)O[C@@H](CC)Cc1ccccc1.[Y]. The minimum absolute atomic E-state index is 0. The van der Waals surface area contributed by atoms with E-state index >= 15 is 0 Å². The second-order valence-electron chi connectivity index (χ2n) is 3.56. The predicted octanol–water partition coefficient (Wildman–Crippen LogP) is 2.91. The molecule has 0 saturated carbocycles. The van der Waals surface area contributed by atoms with Gasteiger partial charge in [0, 0.05) is 39.1 Å². The van der Waals surface area contributed by atoms with E-state index in [2.05, 4.69) is 5.32 Å². The van der Waals surface area contributed by atoms with E-state index in [0.717, 1.165) is 12.8 Å². The summed E-state index contributed by atoms with van der Waals surface area (Å²) in [5.41, 5.74) is 1.18. The topological polar surface area (TPSA) is 38.3 Å². The predicted molar refractivity (Wildman–Crippen MR) is 63.8 cm³/mol. The molecule has 1 amide bonds. The molecular formula is C13H18NO2Y-. The van der Waals surface area contributed by atoms with Gasteiger partial charge in [-0.25, -0.2) is 11.3 Å². The zero-order valence-electron chi connectivity index (χ0n) is 10.3. The normalized spacial score (nSPS) is 11.2. The maximum absolute atomic E-state index is 11.2. The molecule has 1 aromatic carbocycles. The second-order valence-corrected chi connectivity index (χ2v) is 3.56. The van der Waals surface area contributed by atoms with Crippen LogP contribution in [0, 0.1) is 6.54 Å². The molecule has 1 aromatic rings. The number of nitrogens with one attached hydrogen (secondary N) is 1. The molecule has 1 N–H and O–H groups in total. The van der Waals surface area contributed by atoms with Gasteiger partial charge in [-0.15, -0.1) is 0 Å². The smallest absolute Gasteiger partial charge is 0.377 e. The van der Waals surface area contributed by atoms with Gasteiger partial charge in [0.2, 0.25) is 0 Å². The van der Waals surface area contributed by atoms with Crippen molar-refractivity contribution < 1.29 is 42.2 Å². The fourth-order valence-electron chi connectivity index (χ4n) is 1.45. The fourth-order valence-corrected chi connectivity index (χ4v) is 1.45. The summed E-state index contributed by atoms with van der Waals surface area (Å²) in [6.07, 6.45) is 1.12. The van der Waals surface area contributed by atoms with Crippen LogP contribution in [-0.4, -0.2) is 12.2 Å². The number of hydrogen-bond acceptors (Lipinski definition) is 2. The zero-order chi connectivity index (χ0) is 11.8. The molecule has 91 valence electrons. The third-order valence-electron chi connectivity index (χ3n) is 2.30. The largest absolute Gasteiger partial charge is 0.471 e. The molecule has 3 nitrogen and oxygen atoms in total. The van der Waals surface area contributed by atoms with Gasteiger partial charge in [0.25, 0.3) is 0 Å². The van der Waals surface area contributed by atoms with Gasteiger partial charge < -0.3 is 10.1 Å². The van der Waals surface area contributed by atoms with Gasteiger partial charge in [-0.3, -0.25) is 0 Å². The van der Waals surface area contributed by atoms with Crippen molar-refractivity contribution in [1.29, 1.82) is 0 Å². The van der Waals surface area contributed by atoms with Crippen LogP contribution >= 0.6 is 0 Å². The molecule has 0 aromatic heterocycles. The minimum atomic E-state index is -0.384. The monoisotopic (exact) mass is 309 g/mol. The van der Waals surface area contributed by atoms with E-state index in [1.54, 1.807) is 13.5 Å². The van der Waals surface area contributed by atoms with Crippen LogP contribution in [0.4, 0.5) is 4.79 Å². The summed E-state index contributed by atoms with van der Waals surface area (Å²) in [4.78, 5) is 11.2. The Labute approximate surface area is 128 Å². The molecule has 0 spiro atoms.